The van der Waals surface area contributed by atoms with Crippen LogP contribution in [0.5, 0.6) is 0 Å². The van der Waals surface area contributed by atoms with E-state index in [9.17, 15) is 0 Å². The molecule has 0 aliphatic carbocycles. The molecule has 1 aliphatic rings. The zero-order valence-corrected chi connectivity index (χ0v) is 12.7. The predicted molar refractivity (Wildman–Crippen MR) is 76.4 cm³/mol. The first-order valence-corrected chi connectivity index (χ1v) is 7.33. The molecule has 17 heavy (non-hydrogen) atoms. The van der Waals surface area contributed by atoms with Crippen LogP contribution in [0.25, 0.3) is 0 Å². The number of hydrogen-bond acceptors (Lipinski definition) is 2. The lowest BCUT2D eigenvalue weighted by atomic mass is 9.86. The van der Waals surface area contributed by atoms with Crippen molar-refractivity contribution in [3.05, 3.63) is 0 Å². The molecule has 0 radical (unpaired) electrons. The van der Waals surface area contributed by atoms with Gasteiger partial charge in [0.25, 0.3) is 0 Å². The minimum Gasteiger partial charge on any atom is -0.312 e. The van der Waals surface area contributed by atoms with Crippen molar-refractivity contribution >= 4 is 0 Å². The molecule has 1 saturated heterocycles. The molecule has 3 unspecified atom stereocenters. The summed E-state index contributed by atoms with van der Waals surface area (Å²) in [6, 6.07) is 1.33. The van der Waals surface area contributed by atoms with Crippen LogP contribution in [0, 0.1) is 11.3 Å². The highest BCUT2D eigenvalue weighted by Gasteiger charge is 2.30. The molecule has 1 heterocycles. The van der Waals surface area contributed by atoms with Gasteiger partial charge >= 0.3 is 0 Å². The van der Waals surface area contributed by atoms with Crippen LogP contribution in [0.3, 0.4) is 0 Å². The summed E-state index contributed by atoms with van der Waals surface area (Å²) in [4.78, 5) is 2.69. The van der Waals surface area contributed by atoms with Crippen molar-refractivity contribution in [2.45, 2.75) is 66.5 Å². The Morgan fingerprint density at radius 3 is 2.47 bits per heavy atom. The Morgan fingerprint density at radius 1 is 1.29 bits per heavy atom. The number of rotatable bonds is 3. The van der Waals surface area contributed by atoms with Gasteiger partial charge in [0, 0.05) is 18.6 Å². The third-order valence-electron chi connectivity index (χ3n) is 4.59. The van der Waals surface area contributed by atoms with E-state index in [4.69, 9.17) is 0 Å². The quantitative estimate of drug-likeness (QED) is 0.815. The summed E-state index contributed by atoms with van der Waals surface area (Å²) < 4.78 is 0. The third kappa shape index (κ3) is 4.26. The van der Waals surface area contributed by atoms with E-state index in [1.54, 1.807) is 0 Å². The number of hydrogen-bond donors (Lipinski definition) is 1. The fraction of sp³-hybridized carbons (Fsp3) is 1.00. The summed E-state index contributed by atoms with van der Waals surface area (Å²) in [6.45, 7) is 17.8. The molecular weight excluding hydrogens is 208 g/mol. The van der Waals surface area contributed by atoms with Crippen LogP contribution < -0.4 is 5.32 Å². The maximum Gasteiger partial charge on any atom is 0.0220 e. The predicted octanol–water partition coefficient (Wildman–Crippen LogP) is 3.13. The van der Waals surface area contributed by atoms with E-state index >= 15 is 0 Å². The van der Waals surface area contributed by atoms with Gasteiger partial charge in [0.1, 0.15) is 0 Å². The molecule has 1 N–H and O–H groups in total. The molecule has 0 spiro atoms. The summed E-state index contributed by atoms with van der Waals surface area (Å²) in [5.41, 5.74) is 0.379. The highest BCUT2D eigenvalue weighted by atomic mass is 15.2. The summed E-state index contributed by atoms with van der Waals surface area (Å²) in [5.74, 6) is 0.780. The average molecular weight is 240 g/mol. The first kappa shape index (κ1) is 15.0. The molecule has 0 saturated carbocycles. The van der Waals surface area contributed by atoms with Crippen LogP contribution in [-0.2, 0) is 0 Å². The van der Waals surface area contributed by atoms with Crippen molar-refractivity contribution in [3.63, 3.8) is 0 Å². The van der Waals surface area contributed by atoms with Gasteiger partial charge < -0.3 is 5.32 Å². The van der Waals surface area contributed by atoms with Gasteiger partial charge in [-0.1, -0.05) is 41.0 Å². The molecule has 2 heteroatoms. The lowest BCUT2D eigenvalue weighted by Crippen LogP contribution is -2.48. The average Bonchev–Trinajstić information content (AvgIpc) is 2.51. The molecule has 0 aromatic heterocycles. The second-order valence-electron chi connectivity index (χ2n) is 6.84. The van der Waals surface area contributed by atoms with Gasteiger partial charge in [-0.2, -0.15) is 0 Å². The van der Waals surface area contributed by atoms with Crippen molar-refractivity contribution < 1.29 is 0 Å². The van der Waals surface area contributed by atoms with Gasteiger partial charge in [-0.3, -0.25) is 4.90 Å². The fourth-order valence-corrected chi connectivity index (χ4v) is 2.54. The van der Waals surface area contributed by atoms with Gasteiger partial charge in [0.15, 0.2) is 0 Å². The van der Waals surface area contributed by atoms with E-state index in [1.807, 2.05) is 0 Å². The topological polar surface area (TPSA) is 15.3 Å². The van der Waals surface area contributed by atoms with Gasteiger partial charge in [0.05, 0.1) is 0 Å². The minimum absolute atomic E-state index is 0.379. The molecule has 2 nitrogen and oxygen atoms in total. The SMILES string of the molecule is CCC(C)C1CN(C(C)C(C)(C)C)CCCN1. The zero-order valence-electron chi connectivity index (χ0n) is 12.7. The Bertz CT molecular complexity index is 219. The van der Waals surface area contributed by atoms with Gasteiger partial charge in [-0.25, -0.2) is 0 Å². The van der Waals surface area contributed by atoms with Crippen molar-refractivity contribution in [3.8, 4) is 0 Å². The third-order valence-corrected chi connectivity index (χ3v) is 4.59. The van der Waals surface area contributed by atoms with Crippen LogP contribution in [0.2, 0.25) is 0 Å². The van der Waals surface area contributed by atoms with E-state index in [2.05, 4.69) is 51.8 Å². The highest BCUT2D eigenvalue weighted by molar-refractivity contribution is 4.86. The first-order valence-electron chi connectivity index (χ1n) is 7.33. The zero-order chi connectivity index (χ0) is 13.1. The van der Waals surface area contributed by atoms with E-state index in [1.165, 1.54) is 32.5 Å². The Hall–Kier alpha value is -0.0800. The Morgan fingerprint density at radius 2 is 1.94 bits per heavy atom. The minimum atomic E-state index is 0.379. The van der Waals surface area contributed by atoms with Crippen molar-refractivity contribution in [2.75, 3.05) is 19.6 Å². The Kier molecular flexibility index (Phi) is 5.46. The fourth-order valence-electron chi connectivity index (χ4n) is 2.54. The lowest BCUT2D eigenvalue weighted by Gasteiger charge is -2.39. The maximum absolute atomic E-state index is 3.73. The molecule has 0 amide bonds. The van der Waals surface area contributed by atoms with Crippen LogP contribution in [0.1, 0.15) is 54.4 Å². The molecule has 1 aliphatic heterocycles. The lowest BCUT2D eigenvalue weighted by molar-refractivity contribution is 0.104. The normalized spacial score (nSPS) is 27.5. The first-order chi connectivity index (χ1) is 7.86. The van der Waals surface area contributed by atoms with Gasteiger partial charge in [-0.15, -0.1) is 0 Å². The standard InChI is InChI=1S/C15H32N2/c1-7-12(2)14-11-17(10-8-9-16-14)13(3)15(4,5)6/h12-14,16H,7-11H2,1-6H3. The van der Waals surface area contributed by atoms with Crippen LogP contribution in [0.4, 0.5) is 0 Å². The van der Waals surface area contributed by atoms with Crippen LogP contribution in [0.15, 0.2) is 0 Å². The maximum atomic E-state index is 3.73. The monoisotopic (exact) mass is 240 g/mol. The van der Waals surface area contributed by atoms with Crippen LogP contribution >= 0.6 is 0 Å². The summed E-state index contributed by atoms with van der Waals surface area (Å²) in [5, 5.41) is 3.73. The molecule has 3 atom stereocenters. The highest BCUT2D eigenvalue weighted by Crippen LogP contribution is 2.25. The van der Waals surface area contributed by atoms with Crippen molar-refractivity contribution in [2.24, 2.45) is 11.3 Å². The van der Waals surface area contributed by atoms with E-state index in [0.29, 0.717) is 17.5 Å². The molecule has 0 aromatic rings. The molecule has 1 fully saturated rings. The number of nitrogens with one attached hydrogen (secondary N) is 1. The summed E-state index contributed by atoms with van der Waals surface area (Å²) in [7, 11) is 0. The largest absolute Gasteiger partial charge is 0.312 e. The molecule has 0 aromatic carbocycles. The van der Waals surface area contributed by atoms with E-state index in [-0.39, 0.29) is 0 Å². The molecule has 102 valence electrons. The van der Waals surface area contributed by atoms with Crippen LogP contribution in [-0.4, -0.2) is 36.6 Å². The molecular formula is C15H32N2. The van der Waals surface area contributed by atoms with Crippen molar-refractivity contribution in [1.82, 2.24) is 10.2 Å². The Balaban J connectivity index is 2.66. The second kappa shape index (κ2) is 6.19. The Labute approximate surface area is 108 Å². The van der Waals surface area contributed by atoms with Gasteiger partial charge in [-0.05, 0) is 37.8 Å². The van der Waals surface area contributed by atoms with Crippen molar-refractivity contribution in [1.29, 1.82) is 0 Å². The summed E-state index contributed by atoms with van der Waals surface area (Å²) >= 11 is 0. The summed E-state index contributed by atoms with van der Waals surface area (Å²) in [6.07, 6.45) is 2.56. The molecule has 0 bridgehead atoms. The smallest absolute Gasteiger partial charge is 0.0220 e. The second-order valence-corrected chi connectivity index (χ2v) is 6.84. The van der Waals surface area contributed by atoms with E-state index in [0.717, 1.165) is 5.92 Å². The molecule has 1 rings (SSSR count). The van der Waals surface area contributed by atoms with E-state index < -0.39 is 0 Å². The van der Waals surface area contributed by atoms with Gasteiger partial charge in [0.2, 0.25) is 0 Å². The number of nitrogens with zero attached hydrogens (tertiary/aromatic N) is 1.